The molecule has 390 valence electrons. The summed E-state index contributed by atoms with van der Waals surface area (Å²) in [4.78, 5) is 4.92. The van der Waals surface area contributed by atoms with Crippen molar-refractivity contribution >= 4 is 52.2 Å². The van der Waals surface area contributed by atoms with Gasteiger partial charge >= 0.3 is 0 Å². The van der Waals surface area contributed by atoms with E-state index in [1.165, 1.54) is 94.8 Å². The maximum Gasteiger partial charge on any atom is 0.0504 e. The van der Waals surface area contributed by atoms with Gasteiger partial charge in [-0.05, 0) is 180 Å². The molecule has 0 N–H and O–H groups in total. The fourth-order valence-electron chi connectivity index (χ4n) is 13.1. The van der Waals surface area contributed by atoms with Crippen molar-refractivity contribution in [1.82, 2.24) is 0 Å². The topological polar surface area (TPSA) is 6.48 Å². The lowest BCUT2D eigenvalue weighted by Gasteiger charge is -2.34. The van der Waals surface area contributed by atoms with Gasteiger partial charge in [0.25, 0.3) is 0 Å². The second kappa shape index (κ2) is 21.1. The summed E-state index contributed by atoms with van der Waals surface area (Å²) in [5.74, 6) is 0.175. The molecular formula is C80H60N2. The SMILES string of the molecule is C=Cc1ccc(CC2(c3ccccc3)c3ccccc3-c3ccc(N(c4ccc(-c5ccccc5)cc4)c4ccc(-c5ccc6c(c5)C5CC(c7ccc(C=C)cc7)=CC=C5N6c5ccc(-c6ccc(C=C)cc6)cc5)cc4)cc32)cc1. The molecule has 2 atom stereocenters. The van der Waals surface area contributed by atoms with Crippen molar-refractivity contribution in [3.8, 4) is 44.5 Å². The standard InChI is InChI=1S/C80H60N2/c1-4-55-21-23-58(24-22-55)54-80(67-17-11-8-12-18-67)76-20-14-13-19-72(76)73-48-47-71(53-77(73)80)81(68-41-33-61(34-42-68)59-15-9-7-10-16-59)69-43-37-64(38-44-69)66-40-50-79-75(52-66)74-51-65(63-31-27-57(6-3)28-32-63)39-49-78(74)82(79)70-45-35-62(36-46-70)60-29-25-56(5-2)26-30-60/h4-50,52-53,74H,1-3,51,54H2. The Kier molecular flexibility index (Phi) is 12.8. The fraction of sp³-hybridized carbons (Fsp3) is 0.0500. The number of allylic oxidation sites excluding steroid dienone is 4. The maximum atomic E-state index is 4.05. The lowest BCUT2D eigenvalue weighted by Crippen LogP contribution is -2.30. The zero-order chi connectivity index (χ0) is 55.2. The first-order valence-electron chi connectivity index (χ1n) is 28.4. The van der Waals surface area contributed by atoms with Crippen LogP contribution in [-0.4, -0.2) is 0 Å². The predicted octanol–water partition coefficient (Wildman–Crippen LogP) is 21.3. The van der Waals surface area contributed by atoms with Gasteiger partial charge in [-0.2, -0.15) is 0 Å². The summed E-state index contributed by atoms with van der Waals surface area (Å²) in [5.41, 5.74) is 28.6. The highest BCUT2D eigenvalue weighted by Gasteiger charge is 2.45. The van der Waals surface area contributed by atoms with Crippen LogP contribution in [0.5, 0.6) is 0 Å². The highest BCUT2D eigenvalue weighted by atomic mass is 15.2. The monoisotopic (exact) mass is 1050 g/mol. The van der Waals surface area contributed by atoms with E-state index in [2.05, 4.69) is 309 Å². The highest BCUT2D eigenvalue weighted by molar-refractivity contribution is 5.90. The molecule has 0 amide bonds. The molecular weight excluding hydrogens is 989 g/mol. The van der Waals surface area contributed by atoms with Crippen LogP contribution in [0.25, 0.3) is 68.3 Å². The minimum absolute atomic E-state index is 0.175. The summed E-state index contributed by atoms with van der Waals surface area (Å²) < 4.78 is 0. The minimum Gasteiger partial charge on any atom is -0.313 e. The zero-order valence-electron chi connectivity index (χ0n) is 45.8. The summed E-state index contributed by atoms with van der Waals surface area (Å²) in [5, 5.41) is 0. The van der Waals surface area contributed by atoms with Gasteiger partial charge in [-0.25, -0.2) is 0 Å². The molecule has 0 fully saturated rings. The normalized spacial score (nSPS) is 15.5. The van der Waals surface area contributed by atoms with Gasteiger partial charge in [0.05, 0.1) is 5.41 Å². The average Bonchev–Trinajstić information content (AvgIpc) is 3.26. The van der Waals surface area contributed by atoms with Crippen LogP contribution in [0.2, 0.25) is 0 Å². The van der Waals surface area contributed by atoms with E-state index >= 15 is 0 Å². The van der Waals surface area contributed by atoms with Crippen molar-refractivity contribution in [1.29, 1.82) is 0 Å². The van der Waals surface area contributed by atoms with Crippen molar-refractivity contribution in [3.05, 3.63) is 355 Å². The Morgan fingerprint density at radius 3 is 1.52 bits per heavy atom. The van der Waals surface area contributed by atoms with Crippen LogP contribution >= 0.6 is 0 Å². The molecule has 0 bridgehead atoms. The van der Waals surface area contributed by atoms with Crippen LogP contribution in [0.15, 0.2) is 305 Å². The number of hydrogen-bond donors (Lipinski definition) is 0. The van der Waals surface area contributed by atoms with Gasteiger partial charge in [0.1, 0.15) is 0 Å². The third kappa shape index (κ3) is 8.86. The molecule has 0 aromatic heterocycles. The highest BCUT2D eigenvalue weighted by Crippen LogP contribution is 2.57. The van der Waals surface area contributed by atoms with E-state index in [9.17, 15) is 0 Å². The van der Waals surface area contributed by atoms with Crippen LogP contribution in [0, 0.1) is 0 Å². The molecule has 11 aromatic rings. The summed E-state index contributed by atoms with van der Waals surface area (Å²) in [6, 6.07) is 98.8. The van der Waals surface area contributed by atoms with Crippen LogP contribution in [0.4, 0.5) is 28.4 Å². The molecule has 2 unspecified atom stereocenters. The first-order chi connectivity index (χ1) is 40.5. The van der Waals surface area contributed by atoms with Gasteiger partial charge < -0.3 is 9.80 Å². The number of anilines is 5. The van der Waals surface area contributed by atoms with Crippen molar-refractivity contribution < 1.29 is 0 Å². The zero-order valence-corrected chi connectivity index (χ0v) is 45.8. The smallest absolute Gasteiger partial charge is 0.0504 e. The van der Waals surface area contributed by atoms with Crippen molar-refractivity contribution in [3.63, 3.8) is 0 Å². The van der Waals surface area contributed by atoms with Crippen LogP contribution in [0.3, 0.4) is 0 Å². The van der Waals surface area contributed by atoms with E-state index < -0.39 is 5.41 Å². The number of fused-ring (bicyclic) bond motifs is 6. The van der Waals surface area contributed by atoms with Gasteiger partial charge in [-0.1, -0.05) is 250 Å². The summed E-state index contributed by atoms with van der Waals surface area (Å²) in [7, 11) is 0. The fourth-order valence-corrected chi connectivity index (χ4v) is 13.1. The second-order valence-corrected chi connectivity index (χ2v) is 21.8. The van der Waals surface area contributed by atoms with Gasteiger partial charge in [0.15, 0.2) is 0 Å². The molecule has 0 saturated carbocycles. The first kappa shape index (κ1) is 50.0. The Hall–Kier alpha value is -10.3. The van der Waals surface area contributed by atoms with Gasteiger partial charge in [-0.15, -0.1) is 0 Å². The lowest BCUT2D eigenvalue weighted by molar-refractivity contribution is 0.629. The molecule has 82 heavy (non-hydrogen) atoms. The van der Waals surface area contributed by atoms with Crippen LogP contribution in [0.1, 0.15) is 62.4 Å². The second-order valence-electron chi connectivity index (χ2n) is 21.8. The summed E-state index contributed by atoms with van der Waals surface area (Å²) in [6.45, 7) is 12.0. The quantitative estimate of drug-likeness (QED) is 0.107. The number of hydrogen-bond acceptors (Lipinski definition) is 2. The molecule has 2 aliphatic carbocycles. The Morgan fingerprint density at radius 1 is 0.415 bits per heavy atom. The molecule has 0 spiro atoms. The van der Waals surface area contributed by atoms with Crippen molar-refractivity contribution in [2.75, 3.05) is 9.80 Å². The molecule has 14 rings (SSSR count). The third-order valence-electron chi connectivity index (χ3n) is 17.3. The van der Waals surface area contributed by atoms with Crippen molar-refractivity contribution in [2.45, 2.75) is 24.2 Å². The Morgan fingerprint density at radius 2 is 0.902 bits per heavy atom. The molecule has 1 heterocycles. The molecule has 0 radical (unpaired) electrons. The van der Waals surface area contributed by atoms with E-state index in [0.29, 0.717) is 0 Å². The molecule has 1 aliphatic heterocycles. The molecule has 2 nitrogen and oxygen atoms in total. The Labute approximate surface area is 482 Å². The molecule has 2 heteroatoms. The number of rotatable bonds is 14. The largest absolute Gasteiger partial charge is 0.313 e. The van der Waals surface area contributed by atoms with Gasteiger partial charge in [0, 0.05) is 40.1 Å². The van der Waals surface area contributed by atoms with E-state index in [0.717, 1.165) is 52.3 Å². The summed E-state index contributed by atoms with van der Waals surface area (Å²) in [6.07, 6.45) is 12.1. The number of benzene rings is 11. The third-order valence-corrected chi connectivity index (χ3v) is 17.3. The number of nitrogens with zero attached hydrogens (tertiary/aromatic N) is 2. The average molecular weight is 1050 g/mol. The minimum atomic E-state index is -0.448. The van der Waals surface area contributed by atoms with Crippen LogP contribution < -0.4 is 9.80 Å². The molecule has 0 saturated heterocycles. The summed E-state index contributed by atoms with van der Waals surface area (Å²) >= 11 is 0. The van der Waals surface area contributed by atoms with E-state index in [1.807, 2.05) is 18.2 Å². The van der Waals surface area contributed by atoms with E-state index in [1.54, 1.807) is 0 Å². The van der Waals surface area contributed by atoms with Crippen molar-refractivity contribution in [2.24, 2.45) is 0 Å². The predicted molar refractivity (Wildman–Crippen MR) is 348 cm³/mol. The van der Waals surface area contributed by atoms with Gasteiger partial charge in [-0.3, -0.25) is 0 Å². The molecule has 11 aromatic carbocycles. The first-order valence-corrected chi connectivity index (χ1v) is 28.4. The van der Waals surface area contributed by atoms with Gasteiger partial charge in [0.2, 0.25) is 0 Å². The van der Waals surface area contributed by atoms with E-state index in [4.69, 9.17) is 0 Å². The lowest BCUT2D eigenvalue weighted by atomic mass is 9.68. The Balaban J connectivity index is 0.862. The Bertz CT molecular complexity index is 4260. The molecule has 3 aliphatic rings. The maximum absolute atomic E-state index is 4.05. The van der Waals surface area contributed by atoms with Crippen LogP contribution in [-0.2, 0) is 11.8 Å². The van der Waals surface area contributed by atoms with E-state index in [-0.39, 0.29) is 5.92 Å².